The van der Waals surface area contributed by atoms with Crippen molar-refractivity contribution in [1.82, 2.24) is 10.2 Å². The quantitative estimate of drug-likeness (QED) is 0.866. The second-order valence-corrected chi connectivity index (χ2v) is 6.35. The molecule has 1 aliphatic rings. The summed E-state index contributed by atoms with van der Waals surface area (Å²) in [7, 11) is 0. The molecule has 4 nitrogen and oxygen atoms in total. The Balaban J connectivity index is 1.67. The summed E-state index contributed by atoms with van der Waals surface area (Å²) in [4.78, 5) is 15.1. The summed E-state index contributed by atoms with van der Waals surface area (Å²) in [5.74, 6) is -0.524. The summed E-state index contributed by atoms with van der Waals surface area (Å²) in [5.41, 5.74) is 1.32. The van der Waals surface area contributed by atoms with Crippen molar-refractivity contribution in [2.24, 2.45) is 0 Å². The standard InChI is InChI=1S/C14H19F3N2O2S/c1-10(6-18-13(20)8-21-9-14(15,16)17)19-4-2-12-11(7-19)3-5-22-12/h3,5,10H,2,4,6-9H2,1H3,(H,18,20). The molecule has 2 rings (SSSR count). The summed E-state index contributed by atoms with van der Waals surface area (Å²) in [6.07, 6.45) is -3.40. The van der Waals surface area contributed by atoms with Gasteiger partial charge in [-0.15, -0.1) is 11.3 Å². The van der Waals surface area contributed by atoms with Crippen LogP contribution in [0.2, 0.25) is 0 Å². The van der Waals surface area contributed by atoms with E-state index in [-0.39, 0.29) is 6.04 Å². The van der Waals surface area contributed by atoms with Crippen molar-refractivity contribution in [3.05, 3.63) is 21.9 Å². The molecule has 2 heterocycles. The van der Waals surface area contributed by atoms with Gasteiger partial charge in [0.05, 0.1) is 0 Å². The zero-order valence-electron chi connectivity index (χ0n) is 12.3. The molecule has 0 fully saturated rings. The van der Waals surface area contributed by atoms with Crippen LogP contribution >= 0.6 is 11.3 Å². The van der Waals surface area contributed by atoms with Crippen LogP contribution in [0.4, 0.5) is 13.2 Å². The topological polar surface area (TPSA) is 41.6 Å². The first-order valence-corrected chi connectivity index (χ1v) is 7.93. The number of ether oxygens (including phenoxy) is 1. The number of rotatable bonds is 6. The lowest BCUT2D eigenvalue weighted by molar-refractivity contribution is -0.175. The van der Waals surface area contributed by atoms with E-state index < -0.39 is 25.3 Å². The van der Waals surface area contributed by atoms with Crippen LogP contribution < -0.4 is 5.32 Å². The molecule has 1 aromatic rings. The molecule has 1 atom stereocenters. The van der Waals surface area contributed by atoms with Gasteiger partial charge in [-0.05, 0) is 30.4 Å². The fourth-order valence-corrected chi connectivity index (χ4v) is 3.24. The summed E-state index contributed by atoms with van der Waals surface area (Å²) >= 11 is 1.76. The second kappa shape index (κ2) is 7.43. The van der Waals surface area contributed by atoms with Gasteiger partial charge in [-0.2, -0.15) is 13.2 Å². The first kappa shape index (κ1) is 17.2. The van der Waals surface area contributed by atoms with E-state index >= 15 is 0 Å². The average Bonchev–Trinajstić information content (AvgIpc) is 2.90. The highest BCUT2D eigenvalue weighted by Gasteiger charge is 2.28. The monoisotopic (exact) mass is 336 g/mol. The number of amides is 1. The molecule has 124 valence electrons. The van der Waals surface area contributed by atoms with Gasteiger partial charge in [0.1, 0.15) is 13.2 Å². The minimum atomic E-state index is -4.40. The Morgan fingerprint density at radius 2 is 2.32 bits per heavy atom. The number of hydrogen-bond donors (Lipinski definition) is 1. The number of hydrogen-bond acceptors (Lipinski definition) is 4. The van der Waals surface area contributed by atoms with E-state index in [2.05, 4.69) is 26.4 Å². The van der Waals surface area contributed by atoms with E-state index in [1.54, 1.807) is 11.3 Å². The average molecular weight is 336 g/mol. The second-order valence-electron chi connectivity index (χ2n) is 5.35. The van der Waals surface area contributed by atoms with Crippen LogP contribution in [0.3, 0.4) is 0 Å². The summed E-state index contributed by atoms with van der Waals surface area (Å²) < 4.78 is 40.0. The normalized spacial score (nSPS) is 17.1. The van der Waals surface area contributed by atoms with Crippen LogP contribution in [0.15, 0.2) is 11.4 Å². The van der Waals surface area contributed by atoms with E-state index in [1.165, 1.54) is 10.4 Å². The highest BCUT2D eigenvalue weighted by atomic mass is 32.1. The molecule has 1 amide bonds. The van der Waals surface area contributed by atoms with Gasteiger partial charge in [0, 0.05) is 30.6 Å². The third-order valence-electron chi connectivity index (χ3n) is 3.55. The maximum atomic E-state index is 11.9. The zero-order chi connectivity index (χ0) is 16.2. The van der Waals surface area contributed by atoms with Crippen molar-refractivity contribution in [3.63, 3.8) is 0 Å². The third-order valence-corrected chi connectivity index (χ3v) is 4.58. The van der Waals surface area contributed by atoms with Crippen LogP contribution in [-0.2, 0) is 22.5 Å². The molecule has 8 heteroatoms. The minimum absolute atomic E-state index is 0.125. The van der Waals surface area contributed by atoms with Crippen LogP contribution in [-0.4, -0.2) is 49.3 Å². The smallest absolute Gasteiger partial charge is 0.362 e. The van der Waals surface area contributed by atoms with Crippen LogP contribution in [0.1, 0.15) is 17.4 Å². The van der Waals surface area contributed by atoms with Crippen LogP contribution in [0, 0.1) is 0 Å². The maximum Gasteiger partial charge on any atom is 0.411 e. The van der Waals surface area contributed by atoms with Gasteiger partial charge in [0.25, 0.3) is 0 Å². The van der Waals surface area contributed by atoms with Crippen molar-refractivity contribution in [3.8, 4) is 0 Å². The molecule has 0 spiro atoms. The Labute approximate surface area is 131 Å². The molecule has 1 aliphatic heterocycles. The molecule has 1 N–H and O–H groups in total. The molecule has 0 radical (unpaired) electrons. The van der Waals surface area contributed by atoms with Crippen LogP contribution in [0.25, 0.3) is 0 Å². The van der Waals surface area contributed by atoms with Gasteiger partial charge in [-0.3, -0.25) is 9.69 Å². The number of nitrogens with zero attached hydrogens (tertiary/aromatic N) is 1. The van der Waals surface area contributed by atoms with Gasteiger partial charge >= 0.3 is 6.18 Å². The van der Waals surface area contributed by atoms with Crippen molar-refractivity contribution >= 4 is 17.2 Å². The molecule has 1 aromatic heterocycles. The van der Waals surface area contributed by atoms with Crippen molar-refractivity contribution in [2.75, 3.05) is 26.3 Å². The van der Waals surface area contributed by atoms with E-state index in [0.717, 1.165) is 19.5 Å². The largest absolute Gasteiger partial charge is 0.411 e. The summed E-state index contributed by atoms with van der Waals surface area (Å²) in [6, 6.07) is 2.24. The van der Waals surface area contributed by atoms with Gasteiger partial charge in [-0.1, -0.05) is 0 Å². The van der Waals surface area contributed by atoms with Gasteiger partial charge in [-0.25, -0.2) is 0 Å². The predicted octanol–water partition coefficient (Wildman–Crippen LogP) is 2.19. The van der Waals surface area contributed by atoms with E-state index in [9.17, 15) is 18.0 Å². The molecular weight excluding hydrogens is 317 g/mol. The Kier molecular flexibility index (Phi) is 5.82. The lowest BCUT2D eigenvalue weighted by Gasteiger charge is -2.32. The van der Waals surface area contributed by atoms with Crippen molar-refractivity contribution in [2.45, 2.75) is 32.1 Å². The Morgan fingerprint density at radius 1 is 1.55 bits per heavy atom. The fraction of sp³-hybridized carbons (Fsp3) is 0.643. The van der Waals surface area contributed by atoms with Crippen molar-refractivity contribution in [1.29, 1.82) is 0 Å². The number of carbonyl (C=O) groups is 1. The van der Waals surface area contributed by atoms with Gasteiger partial charge in [0.15, 0.2) is 0 Å². The number of nitrogens with one attached hydrogen (secondary N) is 1. The maximum absolute atomic E-state index is 11.9. The molecule has 1 unspecified atom stereocenters. The molecule has 0 bridgehead atoms. The van der Waals surface area contributed by atoms with Crippen molar-refractivity contribution < 1.29 is 22.7 Å². The number of fused-ring (bicyclic) bond motifs is 1. The molecular formula is C14H19F3N2O2S. The molecule has 0 saturated heterocycles. The third kappa shape index (κ3) is 5.26. The number of thiophene rings is 1. The first-order chi connectivity index (χ1) is 10.3. The molecule has 0 saturated carbocycles. The molecule has 0 aliphatic carbocycles. The first-order valence-electron chi connectivity index (χ1n) is 7.05. The minimum Gasteiger partial charge on any atom is -0.362 e. The van der Waals surface area contributed by atoms with Gasteiger partial charge in [0.2, 0.25) is 5.91 Å². The highest BCUT2D eigenvalue weighted by Crippen LogP contribution is 2.24. The lowest BCUT2D eigenvalue weighted by Crippen LogP contribution is -2.44. The Morgan fingerprint density at radius 3 is 3.05 bits per heavy atom. The SMILES string of the molecule is CC(CNC(=O)COCC(F)(F)F)N1CCc2sccc2C1. The zero-order valence-corrected chi connectivity index (χ0v) is 13.1. The van der Waals surface area contributed by atoms with E-state index in [1.807, 2.05) is 6.92 Å². The predicted molar refractivity (Wildman–Crippen MR) is 77.8 cm³/mol. The Bertz CT molecular complexity index is 505. The number of carbonyl (C=O) groups excluding carboxylic acids is 1. The van der Waals surface area contributed by atoms with Crippen LogP contribution in [0.5, 0.6) is 0 Å². The molecule has 22 heavy (non-hydrogen) atoms. The van der Waals surface area contributed by atoms with E-state index in [0.29, 0.717) is 6.54 Å². The fourth-order valence-electron chi connectivity index (χ4n) is 2.35. The lowest BCUT2D eigenvalue weighted by atomic mass is 10.1. The van der Waals surface area contributed by atoms with E-state index in [4.69, 9.17) is 0 Å². The highest BCUT2D eigenvalue weighted by molar-refractivity contribution is 7.10. The number of alkyl halides is 3. The number of halogens is 3. The van der Waals surface area contributed by atoms with Gasteiger partial charge < -0.3 is 10.1 Å². The summed E-state index contributed by atoms with van der Waals surface area (Å²) in [6.45, 7) is 2.20. The summed E-state index contributed by atoms with van der Waals surface area (Å²) in [5, 5.41) is 4.70. The molecule has 0 aromatic carbocycles. The Hall–Kier alpha value is -1.12.